The first-order chi connectivity index (χ1) is 17.8. The minimum Gasteiger partial charge on any atom is -0.439 e. The van der Waals surface area contributed by atoms with E-state index in [0.29, 0.717) is 5.71 Å². The molecule has 38 heavy (non-hydrogen) atoms. The molecule has 0 N–H and O–H groups in total. The zero-order valence-corrected chi connectivity index (χ0v) is 25.7. The summed E-state index contributed by atoms with van der Waals surface area (Å²) in [6.45, 7) is 11.1. The zero-order valence-electron chi connectivity index (χ0n) is 22.3. The van der Waals surface area contributed by atoms with Crippen LogP contribution in [0.15, 0.2) is 95.5 Å². The van der Waals surface area contributed by atoms with Crippen LogP contribution in [0.5, 0.6) is 0 Å². The van der Waals surface area contributed by atoms with Crippen molar-refractivity contribution in [2.75, 3.05) is 0 Å². The topological polar surface area (TPSA) is 38.9 Å². The Kier molecular flexibility index (Phi) is 8.42. The van der Waals surface area contributed by atoms with E-state index in [-0.39, 0.29) is 20.1 Å². The second-order valence-electron chi connectivity index (χ2n) is 10.4. The van der Waals surface area contributed by atoms with Crippen LogP contribution in [0, 0.1) is 26.0 Å². The van der Waals surface area contributed by atoms with Crippen molar-refractivity contribution >= 4 is 35.3 Å². The summed E-state index contributed by atoms with van der Waals surface area (Å²) in [7, 11) is -1.29. The van der Waals surface area contributed by atoms with Crippen molar-refractivity contribution in [3.8, 4) is 22.5 Å². The van der Waals surface area contributed by atoms with Crippen LogP contribution in [0.1, 0.15) is 11.1 Å². The van der Waals surface area contributed by atoms with Crippen LogP contribution in [0.25, 0.3) is 44.6 Å². The molecule has 3 heterocycles. The maximum Gasteiger partial charge on any atom is 0.218 e. The van der Waals surface area contributed by atoms with Crippen molar-refractivity contribution < 1.29 is 24.5 Å². The molecular weight excluding hydrogens is 661 g/mol. The van der Waals surface area contributed by atoms with Gasteiger partial charge in [-0.3, -0.25) is 4.98 Å². The molecule has 0 atom stereocenters. The third-order valence-electron chi connectivity index (χ3n) is 6.35. The largest absolute Gasteiger partial charge is 0.439 e. The van der Waals surface area contributed by atoms with Gasteiger partial charge in [0.1, 0.15) is 5.58 Å². The molecular formula is C33H30IrN2OSi-2. The Bertz CT molecular complexity index is 1610. The van der Waals surface area contributed by atoms with Gasteiger partial charge in [-0.05, 0) is 29.9 Å². The molecule has 3 aromatic heterocycles. The molecule has 0 fully saturated rings. The number of fused-ring (bicyclic) bond motifs is 3. The van der Waals surface area contributed by atoms with Gasteiger partial charge < -0.3 is 9.40 Å². The first-order valence-electron chi connectivity index (χ1n) is 12.5. The van der Waals surface area contributed by atoms with E-state index < -0.39 is 8.07 Å². The summed E-state index contributed by atoms with van der Waals surface area (Å²) in [6, 6.07) is 35.4. The van der Waals surface area contributed by atoms with Gasteiger partial charge in [0.2, 0.25) is 5.71 Å². The first-order valence-corrected chi connectivity index (χ1v) is 16.0. The van der Waals surface area contributed by atoms with E-state index in [1.807, 2.05) is 55.6 Å². The molecule has 0 aliphatic rings. The first kappa shape index (κ1) is 27.7. The van der Waals surface area contributed by atoms with Crippen LogP contribution >= 0.6 is 0 Å². The Morgan fingerprint density at radius 3 is 2.03 bits per heavy atom. The normalized spacial score (nSPS) is 11.1. The molecule has 0 unspecified atom stereocenters. The molecule has 6 aromatic rings. The molecule has 1 radical (unpaired) electrons. The van der Waals surface area contributed by atoms with Crippen molar-refractivity contribution in [1.82, 2.24) is 9.97 Å². The second-order valence-corrected chi connectivity index (χ2v) is 15.5. The van der Waals surface area contributed by atoms with Crippen LogP contribution in [-0.2, 0) is 20.1 Å². The zero-order chi connectivity index (χ0) is 26.0. The smallest absolute Gasteiger partial charge is 0.218 e. The minimum absolute atomic E-state index is 0. The SMILES string of the molecule is C[Si](C)(C)c1c[c-]c(-c2ccc3c(n2)oc2ccccc23)cc1.Cc1c[c-]c(-c2ccc(C)cn2)cc1.[Ir]. The molecule has 3 aromatic carbocycles. The van der Waals surface area contributed by atoms with Crippen LogP contribution in [0.4, 0.5) is 0 Å². The van der Waals surface area contributed by atoms with Gasteiger partial charge in [-0.2, -0.15) is 0 Å². The molecule has 0 aliphatic heterocycles. The molecule has 0 bridgehead atoms. The predicted octanol–water partition coefficient (Wildman–Crippen LogP) is 8.16. The van der Waals surface area contributed by atoms with Gasteiger partial charge in [-0.25, -0.2) is 0 Å². The van der Waals surface area contributed by atoms with Gasteiger partial charge in [0.25, 0.3) is 0 Å². The monoisotopic (exact) mass is 691 g/mol. The molecule has 0 amide bonds. The van der Waals surface area contributed by atoms with E-state index in [1.165, 1.54) is 16.3 Å². The van der Waals surface area contributed by atoms with Gasteiger partial charge in [0.05, 0.1) is 0 Å². The number of aromatic nitrogens is 2. The Morgan fingerprint density at radius 2 is 1.37 bits per heavy atom. The predicted molar refractivity (Wildman–Crippen MR) is 157 cm³/mol. The molecule has 5 heteroatoms. The fourth-order valence-corrected chi connectivity index (χ4v) is 5.18. The summed E-state index contributed by atoms with van der Waals surface area (Å²) in [5.74, 6) is 0. The van der Waals surface area contributed by atoms with E-state index >= 15 is 0 Å². The number of rotatable bonds is 3. The Balaban J connectivity index is 0.000000193. The summed E-state index contributed by atoms with van der Waals surface area (Å²) in [4.78, 5) is 9.03. The minimum atomic E-state index is -1.29. The van der Waals surface area contributed by atoms with Crippen molar-refractivity contribution in [3.05, 3.63) is 114 Å². The van der Waals surface area contributed by atoms with Crippen molar-refractivity contribution in [3.63, 3.8) is 0 Å². The average Bonchev–Trinajstić information content (AvgIpc) is 3.28. The maximum atomic E-state index is 5.87. The van der Waals surface area contributed by atoms with E-state index in [0.717, 1.165) is 38.9 Å². The number of pyridine rings is 2. The number of hydrogen-bond acceptors (Lipinski definition) is 3. The molecule has 0 saturated carbocycles. The summed E-state index contributed by atoms with van der Waals surface area (Å²) in [6.07, 6.45) is 1.88. The van der Waals surface area contributed by atoms with Gasteiger partial charge in [-0.15, -0.1) is 70.4 Å². The van der Waals surface area contributed by atoms with Gasteiger partial charge in [-0.1, -0.05) is 69.0 Å². The van der Waals surface area contributed by atoms with E-state index in [2.05, 4.69) is 91.1 Å². The number of furan rings is 1. The quantitative estimate of drug-likeness (QED) is 0.139. The van der Waals surface area contributed by atoms with Crippen LogP contribution in [0.3, 0.4) is 0 Å². The standard InChI is InChI=1S/C20H18NOSi.C13H12N.Ir/c1-23(2,3)15-10-8-14(9-11-15)18-13-12-17-16-6-4-5-7-19(16)22-20(17)21-18;1-10-3-6-12(7-4-10)13-8-5-11(2)9-14-13;/h4-8,10-13H,1-3H3;3-6,8-9H,1-2H3;/q2*-1;. The molecule has 193 valence electrons. The van der Waals surface area contributed by atoms with Gasteiger partial charge >= 0.3 is 0 Å². The van der Waals surface area contributed by atoms with Crippen LogP contribution in [-0.4, -0.2) is 18.0 Å². The molecule has 6 rings (SSSR count). The number of para-hydroxylation sites is 1. The van der Waals surface area contributed by atoms with Gasteiger partial charge in [0, 0.05) is 45.1 Å². The van der Waals surface area contributed by atoms with Crippen LogP contribution in [0.2, 0.25) is 19.6 Å². The van der Waals surface area contributed by atoms with Crippen molar-refractivity contribution in [1.29, 1.82) is 0 Å². The second kappa shape index (κ2) is 11.6. The van der Waals surface area contributed by atoms with Crippen molar-refractivity contribution in [2.45, 2.75) is 33.5 Å². The van der Waals surface area contributed by atoms with E-state index in [4.69, 9.17) is 4.42 Å². The summed E-state index contributed by atoms with van der Waals surface area (Å²) in [5.41, 5.74) is 7.91. The van der Waals surface area contributed by atoms with Gasteiger partial charge in [0.15, 0.2) is 0 Å². The Labute approximate surface area is 239 Å². The van der Waals surface area contributed by atoms with Crippen LogP contribution < -0.4 is 5.19 Å². The maximum absolute atomic E-state index is 5.87. The Morgan fingerprint density at radius 1 is 0.684 bits per heavy atom. The number of hydrogen-bond donors (Lipinski definition) is 0. The molecule has 0 saturated heterocycles. The summed E-state index contributed by atoms with van der Waals surface area (Å²) in [5, 5.41) is 3.58. The van der Waals surface area contributed by atoms with E-state index in [1.54, 1.807) is 0 Å². The average molecular weight is 691 g/mol. The third-order valence-corrected chi connectivity index (χ3v) is 8.40. The number of aryl methyl sites for hydroxylation is 2. The number of benzene rings is 3. The molecule has 3 nitrogen and oxygen atoms in total. The fraction of sp³-hybridized carbons (Fsp3) is 0.152. The summed E-state index contributed by atoms with van der Waals surface area (Å²) >= 11 is 0. The fourth-order valence-electron chi connectivity index (χ4n) is 4.10. The van der Waals surface area contributed by atoms with E-state index in [9.17, 15) is 0 Å². The third kappa shape index (κ3) is 6.19. The molecule has 0 spiro atoms. The summed E-state index contributed by atoms with van der Waals surface area (Å²) < 4.78 is 5.87. The molecule has 0 aliphatic carbocycles. The Hall–Kier alpha value is -3.37. The number of nitrogens with zero attached hydrogens (tertiary/aromatic N) is 2. The van der Waals surface area contributed by atoms with Crippen molar-refractivity contribution in [2.24, 2.45) is 0 Å².